The van der Waals surface area contributed by atoms with Crippen LogP contribution in [0.5, 0.6) is 0 Å². The van der Waals surface area contributed by atoms with Crippen molar-refractivity contribution in [3.8, 4) is 0 Å². The molecular formula is C14H19N3O2. The average molecular weight is 261 g/mol. The number of nitrogens with two attached hydrogens (primary N) is 1. The highest BCUT2D eigenvalue weighted by Crippen LogP contribution is 2.20. The van der Waals surface area contributed by atoms with Crippen LogP contribution < -0.4 is 11.1 Å². The van der Waals surface area contributed by atoms with Crippen LogP contribution in [0.25, 0.3) is 0 Å². The lowest BCUT2D eigenvalue weighted by Crippen LogP contribution is -2.52. The van der Waals surface area contributed by atoms with Crippen molar-refractivity contribution in [2.24, 2.45) is 5.73 Å². The maximum absolute atomic E-state index is 12.5. The summed E-state index contributed by atoms with van der Waals surface area (Å²) in [6, 6.07) is 9.24. The molecule has 1 aliphatic rings. The minimum Gasteiger partial charge on any atom is -0.354 e. The number of benzene rings is 1. The van der Waals surface area contributed by atoms with Crippen molar-refractivity contribution in [3.63, 3.8) is 0 Å². The standard InChI is InChI=1S/C14H19N3O2/c1-14(15,11-6-3-2-4-7-11)13(19)17-9-5-8-16-12(18)10-17/h2-4,6-7H,5,8-10,15H2,1H3,(H,16,18). The zero-order valence-electron chi connectivity index (χ0n) is 11.1. The molecule has 0 aromatic heterocycles. The predicted molar refractivity (Wildman–Crippen MR) is 72.2 cm³/mol. The van der Waals surface area contributed by atoms with Gasteiger partial charge in [0.15, 0.2) is 0 Å². The summed E-state index contributed by atoms with van der Waals surface area (Å²) in [5, 5.41) is 2.75. The lowest BCUT2D eigenvalue weighted by atomic mass is 9.91. The molecule has 19 heavy (non-hydrogen) atoms. The number of carbonyl (C=O) groups is 2. The van der Waals surface area contributed by atoms with Gasteiger partial charge in [0.1, 0.15) is 5.54 Å². The van der Waals surface area contributed by atoms with Crippen LogP contribution in [0.2, 0.25) is 0 Å². The molecule has 1 aliphatic heterocycles. The Bertz CT molecular complexity index is 471. The first-order valence-corrected chi connectivity index (χ1v) is 6.42. The van der Waals surface area contributed by atoms with Gasteiger partial charge in [-0.05, 0) is 18.9 Å². The van der Waals surface area contributed by atoms with Gasteiger partial charge >= 0.3 is 0 Å². The Hall–Kier alpha value is -1.88. The van der Waals surface area contributed by atoms with Gasteiger partial charge in [-0.2, -0.15) is 0 Å². The highest BCUT2D eigenvalue weighted by Gasteiger charge is 2.35. The highest BCUT2D eigenvalue weighted by atomic mass is 16.2. The second-order valence-corrected chi connectivity index (χ2v) is 5.00. The summed E-state index contributed by atoms with van der Waals surface area (Å²) < 4.78 is 0. The van der Waals surface area contributed by atoms with E-state index in [-0.39, 0.29) is 18.4 Å². The van der Waals surface area contributed by atoms with Crippen molar-refractivity contribution in [2.45, 2.75) is 18.9 Å². The van der Waals surface area contributed by atoms with Crippen LogP contribution in [0.4, 0.5) is 0 Å². The van der Waals surface area contributed by atoms with Gasteiger partial charge in [-0.3, -0.25) is 9.59 Å². The third kappa shape index (κ3) is 2.93. The molecule has 1 heterocycles. The van der Waals surface area contributed by atoms with Crippen LogP contribution in [0.15, 0.2) is 30.3 Å². The molecule has 1 aromatic carbocycles. The zero-order valence-corrected chi connectivity index (χ0v) is 11.1. The van der Waals surface area contributed by atoms with Gasteiger partial charge in [-0.15, -0.1) is 0 Å². The van der Waals surface area contributed by atoms with E-state index in [9.17, 15) is 9.59 Å². The van der Waals surface area contributed by atoms with Crippen molar-refractivity contribution < 1.29 is 9.59 Å². The summed E-state index contributed by atoms with van der Waals surface area (Å²) in [6.07, 6.45) is 0.752. The van der Waals surface area contributed by atoms with Crippen LogP contribution in [-0.4, -0.2) is 36.3 Å². The Morgan fingerprint density at radius 1 is 1.37 bits per heavy atom. The Kier molecular flexibility index (Phi) is 3.85. The summed E-state index contributed by atoms with van der Waals surface area (Å²) in [5.41, 5.74) is 5.83. The summed E-state index contributed by atoms with van der Waals surface area (Å²) in [5.74, 6) is -0.342. The van der Waals surface area contributed by atoms with E-state index in [4.69, 9.17) is 5.73 Å². The van der Waals surface area contributed by atoms with Crippen LogP contribution >= 0.6 is 0 Å². The monoisotopic (exact) mass is 261 g/mol. The van der Waals surface area contributed by atoms with E-state index < -0.39 is 5.54 Å². The minimum atomic E-state index is -1.11. The van der Waals surface area contributed by atoms with Crippen LogP contribution in [0.1, 0.15) is 18.9 Å². The molecule has 0 aliphatic carbocycles. The topological polar surface area (TPSA) is 75.4 Å². The first-order valence-electron chi connectivity index (χ1n) is 6.42. The molecule has 0 spiro atoms. The Balaban J connectivity index is 2.20. The SMILES string of the molecule is CC(N)(C(=O)N1CCCNC(=O)C1)c1ccccc1. The second-order valence-electron chi connectivity index (χ2n) is 5.00. The fourth-order valence-electron chi connectivity index (χ4n) is 2.22. The summed E-state index contributed by atoms with van der Waals surface area (Å²) in [6.45, 7) is 2.93. The molecule has 0 bridgehead atoms. The molecular weight excluding hydrogens is 242 g/mol. The van der Waals surface area contributed by atoms with E-state index in [0.29, 0.717) is 13.1 Å². The first kappa shape index (κ1) is 13.5. The van der Waals surface area contributed by atoms with E-state index >= 15 is 0 Å². The molecule has 5 nitrogen and oxygen atoms in total. The van der Waals surface area contributed by atoms with Crippen molar-refractivity contribution in [1.82, 2.24) is 10.2 Å². The maximum atomic E-state index is 12.5. The van der Waals surface area contributed by atoms with Gasteiger partial charge in [0.2, 0.25) is 11.8 Å². The molecule has 2 rings (SSSR count). The zero-order chi connectivity index (χ0) is 13.9. The van der Waals surface area contributed by atoms with Gasteiger partial charge < -0.3 is 16.0 Å². The molecule has 1 saturated heterocycles. The summed E-state index contributed by atoms with van der Waals surface area (Å²) in [7, 11) is 0. The molecule has 3 N–H and O–H groups in total. The lowest BCUT2D eigenvalue weighted by Gasteiger charge is -2.30. The van der Waals surface area contributed by atoms with E-state index in [0.717, 1.165) is 12.0 Å². The third-order valence-corrected chi connectivity index (χ3v) is 3.37. The number of amides is 2. The van der Waals surface area contributed by atoms with Crippen molar-refractivity contribution in [1.29, 1.82) is 0 Å². The quantitative estimate of drug-likeness (QED) is 0.799. The van der Waals surface area contributed by atoms with Crippen LogP contribution in [-0.2, 0) is 15.1 Å². The number of rotatable bonds is 2. The third-order valence-electron chi connectivity index (χ3n) is 3.37. The Morgan fingerprint density at radius 3 is 2.74 bits per heavy atom. The Morgan fingerprint density at radius 2 is 2.05 bits per heavy atom. The average Bonchev–Trinajstić information content (AvgIpc) is 2.63. The summed E-state index contributed by atoms with van der Waals surface area (Å²) in [4.78, 5) is 25.6. The van der Waals surface area contributed by atoms with Gasteiger partial charge in [-0.25, -0.2) is 0 Å². The van der Waals surface area contributed by atoms with Crippen molar-refractivity contribution >= 4 is 11.8 Å². The molecule has 1 aromatic rings. The Labute approximate surface area is 112 Å². The van der Waals surface area contributed by atoms with E-state index in [1.165, 1.54) is 4.90 Å². The fourth-order valence-corrected chi connectivity index (χ4v) is 2.22. The summed E-state index contributed by atoms with van der Waals surface area (Å²) >= 11 is 0. The van der Waals surface area contributed by atoms with Gasteiger partial charge in [0, 0.05) is 13.1 Å². The predicted octanol–water partition coefficient (Wildman–Crippen LogP) is 0.209. The van der Waals surface area contributed by atoms with E-state index in [1.54, 1.807) is 6.92 Å². The number of nitrogens with zero attached hydrogens (tertiary/aromatic N) is 1. The van der Waals surface area contributed by atoms with Crippen LogP contribution in [0, 0.1) is 0 Å². The number of hydrogen-bond acceptors (Lipinski definition) is 3. The molecule has 1 fully saturated rings. The molecule has 5 heteroatoms. The molecule has 0 saturated carbocycles. The smallest absolute Gasteiger partial charge is 0.247 e. The normalized spacial score (nSPS) is 19.3. The molecule has 1 atom stereocenters. The first-order chi connectivity index (χ1) is 9.01. The van der Waals surface area contributed by atoms with Gasteiger partial charge in [-0.1, -0.05) is 30.3 Å². The fraction of sp³-hybridized carbons (Fsp3) is 0.429. The highest BCUT2D eigenvalue weighted by molar-refractivity contribution is 5.91. The van der Waals surface area contributed by atoms with E-state index in [2.05, 4.69) is 5.32 Å². The van der Waals surface area contributed by atoms with Gasteiger partial charge in [0.25, 0.3) is 0 Å². The number of nitrogens with one attached hydrogen (secondary N) is 1. The second kappa shape index (κ2) is 5.40. The minimum absolute atomic E-state index is 0.0818. The maximum Gasteiger partial charge on any atom is 0.247 e. The van der Waals surface area contributed by atoms with Gasteiger partial charge in [0.05, 0.1) is 6.54 Å². The molecule has 0 radical (unpaired) electrons. The number of carbonyl (C=O) groups excluding carboxylic acids is 2. The van der Waals surface area contributed by atoms with Crippen LogP contribution in [0.3, 0.4) is 0 Å². The van der Waals surface area contributed by atoms with Crippen molar-refractivity contribution in [2.75, 3.05) is 19.6 Å². The largest absolute Gasteiger partial charge is 0.354 e. The molecule has 2 amide bonds. The van der Waals surface area contributed by atoms with E-state index in [1.807, 2.05) is 30.3 Å². The number of hydrogen-bond donors (Lipinski definition) is 2. The lowest BCUT2D eigenvalue weighted by molar-refractivity contribution is -0.139. The molecule has 102 valence electrons. The molecule has 1 unspecified atom stereocenters. The van der Waals surface area contributed by atoms with Crippen molar-refractivity contribution in [3.05, 3.63) is 35.9 Å².